The third-order valence-corrected chi connectivity index (χ3v) is 8.05. The van der Waals surface area contributed by atoms with Gasteiger partial charge < -0.3 is 4.90 Å². The van der Waals surface area contributed by atoms with Crippen molar-refractivity contribution in [3.63, 3.8) is 0 Å². The Labute approximate surface area is 208 Å². The van der Waals surface area contributed by atoms with Crippen LogP contribution >= 0.6 is 0 Å². The lowest BCUT2D eigenvalue weighted by Crippen LogP contribution is -2.41. The van der Waals surface area contributed by atoms with Gasteiger partial charge >= 0.3 is 0 Å². The molecule has 6 nitrogen and oxygen atoms in total. The number of hydrogen-bond donors (Lipinski definition) is 0. The number of aliphatic imine (C=N–C) groups is 1. The Morgan fingerprint density at radius 2 is 1.86 bits per heavy atom. The number of hydrogen-bond acceptors (Lipinski definition) is 4. The van der Waals surface area contributed by atoms with E-state index in [2.05, 4.69) is 4.98 Å². The van der Waals surface area contributed by atoms with E-state index >= 15 is 4.39 Å². The molecular weight excluding hydrogens is 455 g/mol. The fourth-order valence-corrected chi connectivity index (χ4v) is 5.64. The number of pyridine rings is 1. The van der Waals surface area contributed by atoms with Crippen molar-refractivity contribution in [2.24, 2.45) is 16.8 Å². The Morgan fingerprint density at radius 1 is 1.06 bits per heavy atom. The molecule has 3 aromatic rings. The van der Waals surface area contributed by atoms with E-state index in [4.69, 9.17) is 4.99 Å². The fourth-order valence-electron chi connectivity index (χ4n) is 5.64. The number of amides is 2. The second-order valence-corrected chi connectivity index (χ2v) is 10.7. The lowest BCUT2D eigenvalue weighted by molar-refractivity contribution is -0.131. The monoisotopic (exact) mass is 482 g/mol. The highest BCUT2D eigenvalue weighted by Gasteiger charge is 2.58. The maximum Gasteiger partial charge on any atom is 0.256 e. The molecule has 182 valence electrons. The molecule has 1 unspecified atom stereocenters. The molecule has 36 heavy (non-hydrogen) atoms. The average molecular weight is 483 g/mol. The molecule has 7 rings (SSSR count). The number of benzene rings is 2. The quantitative estimate of drug-likeness (QED) is 0.541. The summed E-state index contributed by atoms with van der Waals surface area (Å²) >= 11 is 0. The number of likely N-dealkylation sites (tertiary alicyclic amines) is 1. The minimum atomic E-state index is -0.700. The first kappa shape index (κ1) is 21.7. The number of carbonyl (C=O) groups is 2. The van der Waals surface area contributed by atoms with E-state index in [0.717, 1.165) is 47.8 Å². The van der Waals surface area contributed by atoms with Crippen LogP contribution in [0.5, 0.6) is 0 Å². The van der Waals surface area contributed by atoms with Crippen LogP contribution in [0.1, 0.15) is 37.7 Å². The summed E-state index contributed by atoms with van der Waals surface area (Å²) in [6, 6.07) is 14.9. The number of aromatic nitrogens is 1. The second-order valence-electron chi connectivity index (χ2n) is 10.7. The molecule has 2 aliphatic carbocycles. The van der Waals surface area contributed by atoms with Gasteiger partial charge in [0.25, 0.3) is 5.91 Å². The topological polar surface area (TPSA) is 65.9 Å². The van der Waals surface area contributed by atoms with Crippen molar-refractivity contribution in [3.8, 4) is 11.1 Å². The lowest BCUT2D eigenvalue weighted by Gasteiger charge is -2.24. The SMILES string of the molecule is O=C(C1CC1)N1CCC(CN2C(=O)C3(CC3)N=C2c2ccc(-c3ccc4ncccc4c3)cc2F)C1. The van der Waals surface area contributed by atoms with Crippen molar-refractivity contribution < 1.29 is 14.0 Å². The summed E-state index contributed by atoms with van der Waals surface area (Å²) in [7, 11) is 0. The van der Waals surface area contributed by atoms with Gasteiger partial charge in [-0.3, -0.25) is 24.5 Å². The van der Waals surface area contributed by atoms with Gasteiger partial charge in [-0.25, -0.2) is 4.39 Å². The Morgan fingerprint density at radius 3 is 2.64 bits per heavy atom. The van der Waals surface area contributed by atoms with Crippen LogP contribution in [-0.4, -0.2) is 57.6 Å². The zero-order valence-electron chi connectivity index (χ0n) is 20.0. The van der Waals surface area contributed by atoms with E-state index in [1.54, 1.807) is 17.2 Å². The first-order valence-electron chi connectivity index (χ1n) is 12.9. The van der Waals surface area contributed by atoms with Crippen LogP contribution in [0.4, 0.5) is 4.39 Å². The first-order chi connectivity index (χ1) is 17.5. The van der Waals surface area contributed by atoms with Crippen LogP contribution in [-0.2, 0) is 9.59 Å². The Kier molecular flexibility index (Phi) is 4.78. The van der Waals surface area contributed by atoms with Crippen molar-refractivity contribution in [1.29, 1.82) is 0 Å². The molecule has 0 bridgehead atoms. The molecule has 1 aromatic heterocycles. The van der Waals surface area contributed by atoms with Crippen molar-refractivity contribution in [2.45, 2.75) is 37.6 Å². The second kappa shape index (κ2) is 7.95. The third-order valence-electron chi connectivity index (χ3n) is 8.05. The summed E-state index contributed by atoms with van der Waals surface area (Å²) in [4.78, 5) is 38.6. The number of amidine groups is 1. The van der Waals surface area contributed by atoms with Crippen molar-refractivity contribution in [3.05, 3.63) is 66.1 Å². The van der Waals surface area contributed by atoms with Gasteiger partial charge in [-0.05, 0) is 79.5 Å². The fraction of sp³-hybridized carbons (Fsp3) is 0.379. The molecule has 2 aromatic carbocycles. The normalized spacial score (nSPS) is 22.5. The van der Waals surface area contributed by atoms with Crippen molar-refractivity contribution >= 4 is 28.6 Å². The summed E-state index contributed by atoms with van der Waals surface area (Å²) in [5, 5.41) is 0.998. The van der Waals surface area contributed by atoms with Crippen molar-refractivity contribution in [2.75, 3.05) is 19.6 Å². The molecule has 1 saturated heterocycles. The van der Waals surface area contributed by atoms with E-state index in [1.807, 2.05) is 41.3 Å². The first-order valence-corrected chi connectivity index (χ1v) is 12.9. The highest BCUT2D eigenvalue weighted by atomic mass is 19.1. The van der Waals surface area contributed by atoms with Crippen LogP contribution in [0.15, 0.2) is 59.7 Å². The van der Waals surface area contributed by atoms with E-state index < -0.39 is 5.54 Å². The smallest absolute Gasteiger partial charge is 0.256 e. The Balaban J connectivity index is 1.15. The number of carbonyl (C=O) groups excluding carboxylic acids is 2. The molecule has 1 atom stereocenters. The molecule has 7 heteroatoms. The van der Waals surface area contributed by atoms with Gasteiger partial charge in [-0.2, -0.15) is 0 Å². The maximum atomic E-state index is 15.6. The standard InChI is InChI=1S/C29H27FN4O2/c30-24-15-21(20-6-8-25-22(14-20)2-1-12-31-25)5-7-23(24)26-32-29(10-11-29)28(36)34(26)17-18-9-13-33(16-18)27(35)19-3-4-19/h1-2,5-8,12,14-15,18-19H,3-4,9-11,13,16-17H2. The van der Waals surface area contributed by atoms with Crippen LogP contribution in [0.3, 0.4) is 0 Å². The molecule has 2 saturated carbocycles. The highest BCUT2D eigenvalue weighted by molar-refractivity contribution is 6.16. The minimum absolute atomic E-state index is 0.0185. The Hall–Kier alpha value is -3.61. The zero-order chi connectivity index (χ0) is 24.4. The van der Waals surface area contributed by atoms with E-state index in [-0.39, 0.29) is 29.5 Å². The van der Waals surface area contributed by atoms with Gasteiger partial charge in [0.15, 0.2) is 0 Å². The van der Waals surface area contributed by atoms with Crippen LogP contribution in [0, 0.1) is 17.7 Å². The molecule has 3 heterocycles. The molecule has 4 aliphatic rings. The molecule has 1 spiro atoms. The molecule has 2 aliphatic heterocycles. The number of nitrogens with zero attached hydrogens (tertiary/aromatic N) is 4. The molecule has 0 radical (unpaired) electrons. The number of rotatable bonds is 5. The Bertz CT molecular complexity index is 1440. The number of halogens is 1. The summed E-state index contributed by atoms with van der Waals surface area (Å²) < 4.78 is 15.6. The lowest BCUT2D eigenvalue weighted by atomic mass is 10.0. The van der Waals surface area contributed by atoms with Crippen molar-refractivity contribution in [1.82, 2.24) is 14.8 Å². The van der Waals surface area contributed by atoms with Crippen LogP contribution in [0.2, 0.25) is 0 Å². The summed E-state index contributed by atoms with van der Waals surface area (Å²) in [5.74, 6) is 0.680. The van der Waals surface area contributed by atoms with Crippen LogP contribution in [0.25, 0.3) is 22.0 Å². The van der Waals surface area contributed by atoms with Gasteiger partial charge in [0, 0.05) is 37.1 Å². The molecule has 3 fully saturated rings. The van der Waals surface area contributed by atoms with Gasteiger partial charge in [0.1, 0.15) is 17.2 Å². The molecule has 0 N–H and O–H groups in total. The highest BCUT2D eigenvalue weighted by Crippen LogP contribution is 2.46. The van der Waals surface area contributed by atoms with E-state index in [9.17, 15) is 9.59 Å². The zero-order valence-corrected chi connectivity index (χ0v) is 20.0. The minimum Gasteiger partial charge on any atom is -0.342 e. The van der Waals surface area contributed by atoms with Gasteiger partial charge in [0.05, 0.1) is 11.1 Å². The summed E-state index contributed by atoms with van der Waals surface area (Å²) in [5.41, 5.74) is 2.24. The van der Waals surface area contributed by atoms with E-state index in [0.29, 0.717) is 37.3 Å². The maximum absolute atomic E-state index is 15.6. The number of fused-ring (bicyclic) bond motifs is 1. The summed E-state index contributed by atoms with van der Waals surface area (Å²) in [6.07, 6.45) is 6.04. The molecule has 2 amide bonds. The summed E-state index contributed by atoms with van der Waals surface area (Å²) in [6.45, 7) is 1.88. The average Bonchev–Trinajstić information content (AvgIpc) is 3.82. The van der Waals surface area contributed by atoms with Gasteiger partial charge in [-0.15, -0.1) is 0 Å². The molecular formula is C29H27FN4O2. The van der Waals surface area contributed by atoms with E-state index in [1.165, 1.54) is 6.07 Å². The van der Waals surface area contributed by atoms with Crippen LogP contribution < -0.4 is 0 Å². The largest absolute Gasteiger partial charge is 0.342 e. The predicted octanol–water partition coefficient (Wildman–Crippen LogP) is 4.42. The third kappa shape index (κ3) is 3.60. The van der Waals surface area contributed by atoms with Gasteiger partial charge in [0.2, 0.25) is 5.91 Å². The predicted molar refractivity (Wildman–Crippen MR) is 135 cm³/mol. The van der Waals surface area contributed by atoms with Gasteiger partial charge in [-0.1, -0.05) is 18.2 Å².